The summed E-state index contributed by atoms with van der Waals surface area (Å²) in [6.45, 7) is 0.925. The lowest BCUT2D eigenvalue weighted by Crippen LogP contribution is -1.92. The Morgan fingerprint density at radius 3 is 3.07 bits per heavy atom. The average Bonchev–Trinajstić information content (AvgIpc) is 2.88. The fourth-order valence-corrected chi connectivity index (χ4v) is 2.91. The van der Waals surface area contributed by atoms with E-state index in [1.165, 1.54) is 11.7 Å². The first-order chi connectivity index (χ1) is 6.95. The molecule has 3 rings (SSSR count). The molecule has 2 heterocycles. The fraction of sp³-hybridized carbons (Fsp3) is 0.222. The monoisotopic (exact) mass is 221 g/mol. The standard InChI is InChI=1S/C9H7N3S2/c1-2-6(9-10-4-5-13-9)8-7(3-1)11-14-12-8/h1-3H,4-5H2. The van der Waals surface area contributed by atoms with Gasteiger partial charge >= 0.3 is 0 Å². The molecule has 5 heteroatoms. The van der Waals surface area contributed by atoms with E-state index in [2.05, 4.69) is 19.8 Å². The lowest BCUT2D eigenvalue weighted by Gasteiger charge is -1.98. The first-order valence-electron chi connectivity index (χ1n) is 4.34. The number of aliphatic imine (C=N–C) groups is 1. The molecule has 0 saturated heterocycles. The smallest absolute Gasteiger partial charge is 0.114 e. The topological polar surface area (TPSA) is 38.1 Å². The van der Waals surface area contributed by atoms with Gasteiger partial charge in [-0.05, 0) is 12.1 Å². The Hall–Kier alpha value is -0.940. The highest BCUT2D eigenvalue weighted by Crippen LogP contribution is 2.24. The zero-order valence-corrected chi connectivity index (χ0v) is 8.94. The van der Waals surface area contributed by atoms with Gasteiger partial charge in [-0.15, -0.1) is 11.8 Å². The Morgan fingerprint density at radius 2 is 2.21 bits per heavy atom. The van der Waals surface area contributed by atoms with Gasteiger partial charge in [0.1, 0.15) is 16.1 Å². The van der Waals surface area contributed by atoms with Gasteiger partial charge in [0.15, 0.2) is 0 Å². The minimum Gasteiger partial charge on any atom is -0.277 e. The Labute approximate surface area is 89.6 Å². The van der Waals surface area contributed by atoms with Crippen molar-refractivity contribution in [2.75, 3.05) is 12.3 Å². The van der Waals surface area contributed by atoms with Crippen LogP contribution >= 0.6 is 23.5 Å². The van der Waals surface area contributed by atoms with Crippen LogP contribution in [-0.2, 0) is 0 Å². The van der Waals surface area contributed by atoms with Crippen molar-refractivity contribution in [2.45, 2.75) is 0 Å². The largest absolute Gasteiger partial charge is 0.277 e. The molecule has 70 valence electrons. The number of hydrogen-bond donors (Lipinski definition) is 0. The van der Waals surface area contributed by atoms with Crippen LogP contribution in [0.25, 0.3) is 11.0 Å². The van der Waals surface area contributed by atoms with Crippen LogP contribution in [0.15, 0.2) is 23.2 Å². The van der Waals surface area contributed by atoms with Crippen LogP contribution in [0.3, 0.4) is 0 Å². The van der Waals surface area contributed by atoms with Crippen molar-refractivity contribution in [1.29, 1.82) is 0 Å². The minimum atomic E-state index is 0.925. The maximum Gasteiger partial charge on any atom is 0.114 e. The van der Waals surface area contributed by atoms with Crippen molar-refractivity contribution in [3.8, 4) is 0 Å². The fourth-order valence-electron chi connectivity index (χ4n) is 1.48. The van der Waals surface area contributed by atoms with Crippen LogP contribution in [0.5, 0.6) is 0 Å². The summed E-state index contributed by atoms with van der Waals surface area (Å²) >= 11 is 3.06. The van der Waals surface area contributed by atoms with E-state index in [1.54, 1.807) is 11.8 Å². The molecular weight excluding hydrogens is 214 g/mol. The van der Waals surface area contributed by atoms with E-state index < -0.39 is 0 Å². The third kappa shape index (κ3) is 1.24. The predicted octanol–water partition coefficient (Wildman–Crippen LogP) is 2.18. The van der Waals surface area contributed by atoms with Crippen molar-refractivity contribution in [2.24, 2.45) is 4.99 Å². The molecule has 0 aliphatic carbocycles. The number of thioether (sulfide) groups is 1. The Kier molecular flexibility index (Phi) is 1.99. The highest BCUT2D eigenvalue weighted by atomic mass is 32.2. The predicted molar refractivity (Wildman–Crippen MR) is 61.3 cm³/mol. The van der Waals surface area contributed by atoms with Gasteiger partial charge in [-0.3, -0.25) is 4.99 Å². The normalized spacial score (nSPS) is 16.1. The van der Waals surface area contributed by atoms with Gasteiger partial charge in [0, 0.05) is 17.9 Å². The minimum absolute atomic E-state index is 0.925. The second-order valence-corrected chi connectivity index (χ2v) is 4.58. The van der Waals surface area contributed by atoms with Gasteiger partial charge in [0.05, 0.1) is 11.7 Å². The molecule has 1 aliphatic heterocycles. The van der Waals surface area contributed by atoms with Crippen molar-refractivity contribution in [1.82, 2.24) is 8.75 Å². The molecule has 0 amide bonds. The Bertz CT molecular complexity index is 503. The van der Waals surface area contributed by atoms with Gasteiger partial charge in [0.2, 0.25) is 0 Å². The summed E-state index contributed by atoms with van der Waals surface area (Å²) in [4.78, 5) is 4.45. The highest BCUT2D eigenvalue weighted by molar-refractivity contribution is 8.14. The molecule has 0 radical (unpaired) electrons. The average molecular weight is 221 g/mol. The second kappa shape index (κ2) is 3.33. The molecule has 1 aromatic carbocycles. The number of aromatic nitrogens is 2. The van der Waals surface area contributed by atoms with E-state index in [4.69, 9.17) is 0 Å². The van der Waals surface area contributed by atoms with E-state index >= 15 is 0 Å². The van der Waals surface area contributed by atoms with Crippen molar-refractivity contribution >= 4 is 39.6 Å². The van der Waals surface area contributed by atoms with Gasteiger partial charge < -0.3 is 0 Å². The molecule has 0 spiro atoms. The van der Waals surface area contributed by atoms with E-state index in [-0.39, 0.29) is 0 Å². The molecule has 1 aromatic heterocycles. The third-order valence-corrected chi connectivity index (χ3v) is 3.65. The molecule has 0 fully saturated rings. The lowest BCUT2D eigenvalue weighted by atomic mass is 10.2. The molecule has 1 aliphatic rings. The van der Waals surface area contributed by atoms with Gasteiger partial charge in [-0.2, -0.15) is 8.75 Å². The van der Waals surface area contributed by atoms with E-state index in [9.17, 15) is 0 Å². The SMILES string of the molecule is c1cc(C2=NCCS2)c2nsnc2c1. The summed E-state index contributed by atoms with van der Waals surface area (Å²) in [5.74, 6) is 1.09. The third-order valence-electron chi connectivity index (χ3n) is 2.10. The molecule has 2 aromatic rings. The quantitative estimate of drug-likeness (QED) is 0.741. The Morgan fingerprint density at radius 1 is 1.21 bits per heavy atom. The number of fused-ring (bicyclic) bond motifs is 1. The summed E-state index contributed by atoms with van der Waals surface area (Å²) in [5.41, 5.74) is 3.10. The van der Waals surface area contributed by atoms with Crippen molar-refractivity contribution in [3.63, 3.8) is 0 Å². The zero-order chi connectivity index (χ0) is 9.38. The van der Waals surface area contributed by atoms with E-state index in [0.717, 1.165) is 33.9 Å². The van der Waals surface area contributed by atoms with Gasteiger partial charge in [-0.1, -0.05) is 6.07 Å². The maximum absolute atomic E-state index is 4.45. The summed E-state index contributed by atoms with van der Waals surface area (Å²) in [6.07, 6.45) is 0. The molecular formula is C9H7N3S2. The summed E-state index contributed by atoms with van der Waals surface area (Å²) in [5, 5.41) is 1.11. The Balaban J connectivity index is 2.24. The number of nitrogens with zero attached hydrogens (tertiary/aromatic N) is 3. The summed E-state index contributed by atoms with van der Waals surface area (Å²) in [7, 11) is 0. The molecule has 0 N–H and O–H groups in total. The first kappa shape index (κ1) is 8.38. The number of benzene rings is 1. The van der Waals surface area contributed by atoms with Crippen LogP contribution in [0, 0.1) is 0 Å². The van der Waals surface area contributed by atoms with Crippen LogP contribution in [0.1, 0.15) is 5.56 Å². The first-order valence-corrected chi connectivity index (χ1v) is 6.05. The maximum atomic E-state index is 4.45. The lowest BCUT2D eigenvalue weighted by molar-refractivity contribution is 1.18. The van der Waals surface area contributed by atoms with Crippen LogP contribution in [-0.4, -0.2) is 26.1 Å². The number of hydrogen-bond acceptors (Lipinski definition) is 5. The molecule has 0 atom stereocenters. The molecule has 0 bridgehead atoms. The van der Waals surface area contributed by atoms with Gasteiger partial charge in [0.25, 0.3) is 0 Å². The van der Waals surface area contributed by atoms with E-state index in [0.29, 0.717) is 0 Å². The van der Waals surface area contributed by atoms with Gasteiger partial charge in [-0.25, -0.2) is 0 Å². The summed E-state index contributed by atoms with van der Waals surface area (Å²) < 4.78 is 8.52. The van der Waals surface area contributed by atoms with Crippen LogP contribution in [0.2, 0.25) is 0 Å². The van der Waals surface area contributed by atoms with E-state index in [1.807, 2.05) is 12.1 Å². The highest BCUT2D eigenvalue weighted by Gasteiger charge is 2.14. The molecule has 14 heavy (non-hydrogen) atoms. The summed E-state index contributed by atoms with van der Waals surface area (Å²) in [6, 6.07) is 6.07. The number of rotatable bonds is 1. The van der Waals surface area contributed by atoms with Crippen molar-refractivity contribution < 1.29 is 0 Å². The van der Waals surface area contributed by atoms with Crippen molar-refractivity contribution in [3.05, 3.63) is 23.8 Å². The second-order valence-electron chi connectivity index (χ2n) is 2.97. The zero-order valence-electron chi connectivity index (χ0n) is 7.30. The molecule has 0 saturated carbocycles. The van der Waals surface area contributed by atoms with Crippen LogP contribution < -0.4 is 0 Å². The molecule has 0 unspecified atom stereocenters. The van der Waals surface area contributed by atoms with Crippen LogP contribution in [0.4, 0.5) is 0 Å². The molecule has 3 nitrogen and oxygen atoms in total.